The zero-order chi connectivity index (χ0) is 10.1. The molecule has 0 bridgehead atoms. The molecular formula is C11H23NS2. The van der Waals surface area contributed by atoms with Gasteiger partial charge in [0.25, 0.3) is 0 Å². The van der Waals surface area contributed by atoms with E-state index in [4.69, 9.17) is 0 Å². The van der Waals surface area contributed by atoms with Crippen molar-refractivity contribution in [1.29, 1.82) is 0 Å². The zero-order valence-electron chi connectivity index (χ0n) is 9.26. The molecule has 84 valence electrons. The van der Waals surface area contributed by atoms with Gasteiger partial charge in [0.15, 0.2) is 0 Å². The number of rotatable bonds is 7. The predicted molar refractivity (Wildman–Crippen MR) is 70.6 cm³/mol. The lowest BCUT2D eigenvalue weighted by atomic mass is 10.2. The third kappa shape index (κ3) is 6.20. The fraction of sp³-hybridized carbons (Fsp3) is 1.00. The molecule has 1 unspecified atom stereocenters. The average Bonchev–Trinajstić information content (AvgIpc) is 2.25. The Kier molecular flexibility index (Phi) is 8.12. The fourth-order valence-corrected chi connectivity index (χ4v) is 4.24. The summed E-state index contributed by atoms with van der Waals surface area (Å²) in [5.41, 5.74) is 0. The molecule has 0 aromatic rings. The number of unbranched alkanes of at least 4 members (excludes halogenated alkanes) is 3. The van der Waals surface area contributed by atoms with Crippen molar-refractivity contribution in [3.63, 3.8) is 0 Å². The molecule has 1 aliphatic heterocycles. The van der Waals surface area contributed by atoms with Crippen LogP contribution in [0, 0.1) is 0 Å². The Bertz CT molecular complexity index is 124. The van der Waals surface area contributed by atoms with Gasteiger partial charge < -0.3 is 5.32 Å². The third-order valence-electron chi connectivity index (χ3n) is 2.46. The minimum absolute atomic E-state index is 0.875. The SMILES string of the molecule is CCCCCCNCC1CSCCS1. The van der Waals surface area contributed by atoms with E-state index in [0.29, 0.717) is 0 Å². The minimum Gasteiger partial charge on any atom is -0.316 e. The molecule has 0 aromatic carbocycles. The van der Waals surface area contributed by atoms with Crippen LogP contribution >= 0.6 is 23.5 Å². The molecule has 3 heteroatoms. The fourth-order valence-electron chi connectivity index (χ4n) is 1.59. The van der Waals surface area contributed by atoms with Crippen LogP contribution in [-0.4, -0.2) is 35.6 Å². The second-order valence-corrected chi connectivity index (χ2v) is 6.39. The number of thioether (sulfide) groups is 2. The van der Waals surface area contributed by atoms with Crippen LogP contribution in [0.4, 0.5) is 0 Å². The van der Waals surface area contributed by atoms with Crippen molar-refractivity contribution in [2.75, 3.05) is 30.3 Å². The van der Waals surface area contributed by atoms with Gasteiger partial charge in [-0.05, 0) is 13.0 Å². The van der Waals surface area contributed by atoms with Crippen molar-refractivity contribution in [2.45, 2.75) is 37.9 Å². The summed E-state index contributed by atoms with van der Waals surface area (Å²) in [5, 5.41) is 4.45. The molecule has 0 aliphatic carbocycles. The van der Waals surface area contributed by atoms with Gasteiger partial charge in [-0.3, -0.25) is 0 Å². The van der Waals surface area contributed by atoms with Gasteiger partial charge in [-0.1, -0.05) is 26.2 Å². The Morgan fingerprint density at radius 3 is 2.86 bits per heavy atom. The Morgan fingerprint density at radius 2 is 2.14 bits per heavy atom. The van der Waals surface area contributed by atoms with E-state index < -0.39 is 0 Å². The molecule has 0 radical (unpaired) electrons. The second-order valence-electron chi connectivity index (χ2n) is 3.83. The maximum absolute atomic E-state index is 3.58. The quantitative estimate of drug-likeness (QED) is 0.679. The normalized spacial score (nSPS) is 22.5. The second kappa shape index (κ2) is 8.93. The van der Waals surface area contributed by atoms with E-state index in [0.717, 1.165) is 5.25 Å². The van der Waals surface area contributed by atoms with Crippen LogP contribution in [0.1, 0.15) is 32.6 Å². The highest BCUT2D eigenvalue weighted by atomic mass is 32.2. The van der Waals surface area contributed by atoms with Gasteiger partial charge in [0.2, 0.25) is 0 Å². The molecule has 1 nitrogen and oxygen atoms in total. The van der Waals surface area contributed by atoms with E-state index in [1.54, 1.807) is 0 Å². The Balaban J connectivity index is 1.82. The summed E-state index contributed by atoms with van der Waals surface area (Å²) < 4.78 is 0. The first-order valence-electron chi connectivity index (χ1n) is 5.83. The van der Waals surface area contributed by atoms with E-state index in [1.165, 1.54) is 56.0 Å². The summed E-state index contributed by atoms with van der Waals surface area (Å²) in [6.07, 6.45) is 5.50. The molecule has 1 aliphatic rings. The molecule has 0 amide bonds. The summed E-state index contributed by atoms with van der Waals surface area (Å²) in [4.78, 5) is 0. The summed E-state index contributed by atoms with van der Waals surface area (Å²) >= 11 is 4.26. The largest absolute Gasteiger partial charge is 0.316 e. The first-order chi connectivity index (χ1) is 6.93. The van der Waals surface area contributed by atoms with Crippen molar-refractivity contribution in [3.8, 4) is 0 Å². The molecule has 1 heterocycles. The maximum Gasteiger partial charge on any atom is 0.0263 e. The molecular weight excluding hydrogens is 210 g/mol. The van der Waals surface area contributed by atoms with Crippen LogP contribution in [0.25, 0.3) is 0 Å². The van der Waals surface area contributed by atoms with Gasteiger partial charge >= 0.3 is 0 Å². The smallest absolute Gasteiger partial charge is 0.0263 e. The Labute approximate surface area is 97.2 Å². The Morgan fingerprint density at radius 1 is 1.21 bits per heavy atom. The van der Waals surface area contributed by atoms with Crippen molar-refractivity contribution in [1.82, 2.24) is 5.32 Å². The van der Waals surface area contributed by atoms with Crippen molar-refractivity contribution < 1.29 is 0 Å². The van der Waals surface area contributed by atoms with E-state index >= 15 is 0 Å². The van der Waals surface area contributed by atoms with Gasteiger partial charge in [-0.2, -0.15) is 23.5 Å². The molecule has 1 saturated heterocycles. The lowest BCUT2D eigenvalue weighted by Crippen LogP contribution is -2.29. The first-order valence-corrected chi connectivity index (χ1v) is 8.04. The molecule has 1 atom stereocenters. The lowest BCUT2D eigenvalue weighted by molar-refractivity contribution is 0.599. The van der Waals surface area contributed by atoms with Crippen LogP contribution in [0.2, 0.25) is 0 Å². The van der Waals surface area contributed by atoms with E-state index in [-0.39, 0.29) is 0 Å². The summed E-state index contributed by atoms with van der Waals surface area (Å²) in [7, 11) is 0. The number of nitrogens with one attached hydrogen (secondary N) is 1. The van der Waals surface area contributed by atoms with Gasteiger partial charge in [0.1, 0.15) is 0 Å². The van der Waals surface area contributed by atoms with Crippen LogP contribution in [0.5, 0.6) is 0 Å². The highest BCUT2D eigenvalue weighted by molar-refractivity contribution is 8.06. The molecule has 0 spiro atoms. The van der Waals surface area contributed by atoms with Gasteiger partial charge in [0.05, 0.1) is 0 Å². The minimum atomic E-state index is 0.875. The van der Waals surface area contributed by atoms with Crippen LogP contribution in [0.3, 0.4) is 0 Å². The topological polar surface area (TPSA) is 12.0 Å². The van der Waals surface area contributed by atoms with Crippen LogP contribution < -0.4 is 5.32 Å². The predicted octanol–water partition coefficient (Wildman–Crippen LogP) is 3.00. The number of hydrogen-bond acceptors (Lipinski definition) is 3. The molecule has 0 aromatic heterocycles. The van der Waals surface area contributed by atoms with E-state index in [2.05, 4.69) is 35.8 Å². The molecule has 1 fully saturated rings. The standard InChI is InChI=1S/C11H23NS2/c1-2-3-4-5-6-12-9-11-10-13-7-8-14-11/h11-12H,2-10H2,1H3. The average molecular weight is 233 g/mol. The maximum atomic E-state index is 3.58. The van der Waals surface area contributed by atoms with Gasteiger partial charge in [-0.25, -0.2) is 0 Å². The van der Waals surface area contributed by atoms with Crippen molar-refractivity contribution in [3.05, 3.63) is 0 Å². The molecule has 1 N–H and O–H groups in total. The van der Waals surface area contributed by atoms with E-state index in [9.17, 15) is 0 Å². The molecule has 14 heavy (non-hydrogen) atoms. The highest BCUT2D eigenvalue weighted by Crippen LogP contribution is 2.23. The van der Waals surface area contributed by atoms with Crippen LogP contribution in [-0.2, 0) is 0 Å². The highest BCUT2D eigenvalue weighted by Gasteiger charge is 2.12. The molecule has 1 rings (SSSR count). The van der Waals surface area contributed by atoms with Gasteiger partial charge in [-0.15, -0.1) is 0 Å². The molecule has 0 saturated carbocycles. The van der Waals surface area contributed by atoms with Crippen molar-refractivity contribution in [2.24, 2.45) is 0 Å². The van der Waals surface area contributed by atoms with Crippen LogP contribution in [0.15, 0.2) is 0 Å². The zero-order valence-corrected chi connectivity index (χ0v) is 10.9. The monoisotopic (exact) mass is 233 g/mol. The lowest BCUT2D eigenvalue weighted by Gasteiger charge is -2.21. The summed E-state index contributed by atoms with van der Waals surface area (Å²) in [5.74, 6) is 4.07. The third-order valence-corrected chi connectivity index (χ3v) is 5.31. The van der Waals surface area contributed by atoms with Crippen molar-refractivity contribution >= 4 is 23.5 Å². The number of hydrogen-bond donors (Lipinski definition) is 1. The first kappa shape index (κ1) is 12.7. The summed E-state index contributed by atoms with van der Waals surface area (Å²) in [6.45, 7) is 4.72. The van der Waals surface area contributed by atoms with Gasteiger partial charge in [0, 0.05) is 29.1 Å². The summed E-state index contributed by atoms with van der Waals surface area (Å²) in [6, 6.07) is 0. The Hall–Kier alpha value is 0.660. The van der Waals surface area contributed by atoms with E-state index in [1.807, 2.05) is 0 Å².